The van der Waals surface area contributed by atoms with Crippen LogP contribution in [0.4, 0.5) is 0 Å². The number of carbonyl (C=O) groups excluding carboxylic acids is 3. The number of amides is 1. The summed E-state index contributed by atoms with van der Waals surface area (Å²) in [6.45, 7) is 4.39. The van der Waals surface area contributed by atoms with Crippen LogP contribution >= 0.6 is 0 Å². The molecule has 0 radical (unpaired) electrons. The highest BCUT2D eigenvalue weighted by atomic mass is 16.5. The Morgan fingerprint density at radius 3 is 2.59 bits per heavy atom. The molecule has 7 heteroatoms. The lowest BCUT2D eigenvalue weighted by Crippen LogP contribution is -2.30. The van der Waals surface area contributed by atoms with Gasteiger partial charge in [-0.05, 0) is 31.4 Å². The molecule has 0 atom stereocenters. The molecule has 0 unspecified atom stereocenters. The van der Waals surface area contributed by atoms with Gasteiger partial charge in [-0.3, -0.25) is 9.59 Å². The Kier molecular flexibility index (Phi) is 5.19. The lowest BCUT2D eigenvalue weighted by Gasteiger charge is -2.14. The number of hydrogen-bond acceptors (Lipinski definition) is 5. The van der Waals surface area contributed by atoms with E-state index in [1.165, 1.54) is 0 Å². The average molecular weight is 308 g/mol. The van der Waals surface area contributed by atoms with Crippen LogP contribution in [0.25, 0.3) is 0 Å². The van der Waals surface area contributed by atoms with E-state index in [1.54, 1.807) is 13.8 Å². The van der Waals surface area contributed by atoms with Crippen molar-refractivity contribution < 1.29 is 23.9 Å². The predicted molar refractivity (Wildman–Crippen MR) is 77.3 cm³/mol. The first-order chi connectivity index (χ1) is 10.6. The number of fused-ring (bicyclic) bond motifs is 1. The molecule has 2 N–H and O–H groups in total. The molecule has 22 heavy (non-hydrogen) atoms. The van der Waals surface area contributed by atoms with Crippen LogP contribution in [0.2, 0.25) is 0 Å². The number of hydrogen-bond donors (Lipinski definition) is 2. The summed E-state index contributed by atoms with van der Waals surface area (Å²) in [5.74, 6) is -0.893. The van der Waals surface area contributed by atoms with E-state index in [-0.39, 0.29) is 31.3 Å². The number of aromatic nitrogens is 1. The summed E-state index contributed by atoms with van der Waals surface area (Å²) in [4.78, 5) is 38.2. The zero-order valence-electron chi connectivity index (χ0n) is 12.8. The molecule has 120 valence electrons. The van der Waals surface area contributed by atoms with E-state index in [4.69, 9.17) is 9.47 Å². The molecule has 0 bridgehead atoms. The Hall–Kier alpha value is -2.31. The van der Waals surface area contributed by atoms with E-state index < -0.39 is 5.97 Å². The minimum Gasteiger partial charge on any atom is -0.466 e. The Morgan fingerprint density at radius 2 is 1.91 bits per heavy atom. The summed E-state index contributed by atoms with van der Waals surface area (Å²) in [6.07, 6.45) is 0.696. The van der Waals surface area contributed by atoms with E-state index in [9.17, 15) is 14.4 Å². The quantitative estimate of drug-likeness (QED) is 0.760. The Labute approximate surface area is 128 Å². The number of H-pyrrole nitrogens is 1. The van der Waals surface area contributed by atoms with Crippen molar-refractivity contribution in [3.63, 3.8) is 0 Å². The van der Waals surface area contributed by atoms with Crippen molar-refractivity contribution in [2.24, 2.45) is 0 Å². The molecule has 0 aromatic carbocycles. The molecule has 1 aromatic rings. The molecule has 0 spiro atoms. The Balaban J connectivity index is 2.27. The largest absolute Gasteiger partial charge is 0.466 e. The third-order valence-electron chi connectivity index (χ3n) is 3.47. The highest BCUT2D eigenvalue weighted by molar-refractivity contribution is 5.91. The van der Waals surface area contributed by atoms with Crippen molar-refractivity contribution in [1.82, 2.24) is 10.3 Å². The second-order valence-electron chi connectivity index (χ2n) is 4.91. The first-order valence-corrected chi connectivity index (χ1v) is 7.38. The first kappa shape index (κ1) is 16.1. The molecule has 0 aliphatic carbocycles. The van der Waals surface area contributed by atoms with Gasteiger partial charge in [-0.15, -0.1) is 0 Å². The van der Waals surface area contributed by atoms with Gasteiger partial charge in [0.1, 0.15) is 5.69 Å². The fourth-order valence-electron chi connectivity index (χ4n) is 2.52. The van der Waals surface area contributed by atoms with Crippen LogP contribution in [0.3, 0.4) is 0 Å². The van der Waals surface area contributed by atoms with Gasteiger partial charge in [0.15, 0.2) is 0 Å². The summed E-state index contributed by atoms with van der Waals surface area (Å²) in [5, 5.41) is 2.72. The normalized spacial score (nSPS) is 13.3. The van der Waals surface area contributed by atoms with Gasteiger partial charge in [0, 0.05) is 12.1 Å². The van der Waals surface area contributed by atoms with Crippen LogP contribution in [0.1, 0.15) is 47.6 Å². The monoisotopic (exact) mass is 308 g/mol. The maximum Gasteiger partial charge on any atom is 0.355 e. The van der Waals surface area contributed by atoms with Gasteiger partial charge in [0.25, 0.3) is 0 Å². The number of nitrogens with one attached hydrogen (secondary N) is 2. The van der Waals surface area contributed by atoms with Gasteiger partial charge in [-0.2, -0.15) is 0 Å². The average Bonchev–Trinajstić information content (AvgIpc) is 2.83. The number of esters is 2. The van der Waals surface area contributed by atoms with Gasteiger partial charge < -0.3 is 19.8 Å². The number of rotatable bonds is 6. The summed E-state index contributed by atoms with van der Waals surface area (Å²) in [7, 11) is 0. The molecule has 1 aliphatic heterocycles. The van der Waals surface area contributed by atoms with Crippen molar-refractivity contribution in [2.45, 2.75) is 39.7 Å². The maximum atomic E-state index is 12.1. The predicted octanol–water partition coefficient (Wildman–Crippen LogP) is 0.859. The molecule has 0 saturated carbocycles. The SMILES string of the molecule is CCOC(=O)CCc1c(C(=O)OCC)[nH]c2c1CC(=O)NC2. The van der Waals surface area contributed by atoms with Crippen molar-refractivity contribution in [1.29, 1.82) is 0 Å². The second-order valence-corrected chi connectivity index (χ2v) is 4.91. The first-order valence-electron chi connectivity index (χ1n) is 7.38. The third kappa shape index (κ3) is 3.47. The van der Waals surface area contributed by atoms with Gasteiger partial charge in [0.2, 0.25) is 5.91 Å². The zero-order valence-corrected chi connectivity index (χ0v) is 12.8. The highest BCUT2D eigenvalue weighted by Crippen LogP contribution is 2.25. The van der Waals surface area contributed by atoms with Gasteiger partial charge in [-0.1, -0.05) is 0 Å². The zero-order chi connectivity index (χ0) is 16.1. The molecule has 2 heterocycles. The smallest absolute Gasteiger partial charge is 0.355 e. The molecule has 7 nitrogen and oxygen atoms in total. The van der Waals surface area contributed by atoms with Crippen LogP contribution < -0.4 is 5.32 Å². The Bertz CT molecular complexity index is 591. The molecule has 1 amide bonds. The minimum absolute atomic E-state index is 0.0979. The maximum absolute atomic E-state index is 12.1. The van der Waals surface area contributed by atoms with Crippen molar-refractivity contribution in [2.75, 3.05) is 13.2 Å². The van der Waals surface area contributed by atoms with Crippen molar-refractivity contribution in [3.8, 4) is 0 Å². The lowest BCUT2D eigenvalue weighted by molar-refractivity contribution is -0.143. The van der Waals surface area contributed by atoms with E-state index in [0.29, 0.717) is 30.8 Å². The van der Waals surface area contributed by atoms with E-state index in [2.05, 4.69) is 10.3 Å². The third-order valence-corrected chi connectivity index (χ3v) is 3.47. The summed E-state index contributed by atoms with van der Waals surface area (Å²) in [6, 6.07) is 0. The molecule has 2 rings (SSSR count). The number of aromatic amines is 1. The van der Waals surface area contributed by atoms with Crippen molar-refractivity contribution in [3.05, 3.63) is 22.5 Å². The van der Waals surface area contributed by atoms with Crippen LogP contribution in [-0.4, -0.2) is 36.0 Å². The van der Waals surface area contributed by atoms with E-state index >= 15 is 0 Å². The molecular formula is C15H20N2O5. The topological polar surface area (TPSA) is 97.5 Å². The summed E-state index contributed by atoms with van der Waals surface area (Å²) in [5.41, 5.74) is 2.58. The summed E-state index contributed by atoms with van der Waals surface area (Å²) >= 11 is 0. The van der Waals surface area contributed by atoms with Crippen LogP contribution in [0.5, 0.6) is 0 Å². The Morgan fingerprint density at radius 1 is 1.18 bits per heavy atom. The van der Waals surface area contributed by atoms with Crippen LogP contribution in [0, 0.1) is 0 Å². The number of carbonyl (C=O) groups is 3. The van der Waals surface area contributed by atoms with E-state index in [0.717, 1.165) is 11.3 Å². The van der Waals surface area contributed by atoms with Gasteiger partial charge in [-0.25, -0.2) is 4.79 Å². The number of ether oxygens (including phenoxy) is 2. The summed E-state index contributed by atoms with van der Waals surface area (Å²) < 4.78 is 9.94. The van der Waals surface area contributed by atoms with Crippen LogP contribution in [0.15, 0.2) is 0 Å². The highest BCUT2D eigenvalue weighted by Gasteiger charge is 2.27. The van der Waals surface area contributed by atoms with Gasteiger partial charge >= 0.3 is 11.9 Å². The molecule has 1 aromatic heterocycles. The van der Waals surface area contributed by atoms with E-state index in [1.807, 2.05) is 0 Å². The molecule has 0 saturated heterocycles. The fraction of sp³-hybridized carbons (Fsp3) is 0.533. The van der Waals surface area contributed by atoms with Gasteiger partial charge in [0.05, 0.1) is 26.2 Å². The standard InChI is InChI=1S/C15H20N2O5/c1-3-21-13(19)6-5-9-10-7-12(18)16-8-11(10)17-14(9)15(20)22-4-2/h17H,3-8H2,1-2H3,(H,16,18). The van der Waals surface area contributed by atoms with Crippen molar-refractivity contribution >= 4 is 17.8 Å². The molecular weight excluding hydrogens is 288 g/mol. The second kappa shape index (κ2) is 7.11. The minimum atomic E-state index is -0.469. The fourth-order valence-corrected chi connectivity index (χ4v) is 2.52. The molecule has 0 fully saturated rings. The van der Waals surface area contributed by atoms with Crippen LogP contribution in [-0.2, 0) is 38.4 Å². The molecule has 1 aliphatic rings. The lowest BCUT2D eigenvalue weighted by atomic mass is 9.98.